The van der Waals surface area contributed by atoms with Crippen molar-refractivity contribution in [2.75, 3.05) is 16.8 Å². The lowest BCUT2D eigenvalue weighted by atomic mass is 10.2. The number of fused-ring (bicyclic) bond motifs is 1. The summed E-state index contributed by atoms with van der Waals surface area (Å²) in [6, 6.07) is 6.80. The summed E-state index contributed by atoms with van der Waals surface area (Å²) in [5, 5.41) is 3.16. The van der Waals surface area contributed by atoms with Gasteiger partial charge in [0.1, 0.15) is 0 Å². The number of primary amides is 1. The Morgan fingerprint density at radius 1 is 1.09 bits per heavy atom. The van der Waals surface area contributed by atoms with Crippen LogP contribution in [0, 0.1) is 0 Å². The first-order valence-electron chi connectivity index (χ1n) is 6.71. The molecule has 23 heavy (non-hydrogen) atoms. The van der Waals surface area contributed by atoms with E-state index in [1.807, 2.05) is 0 Å². The van der Waals surface area contributed by atoms with Gasteiger partial charge in [-0.3, -0.25) is 4.79 Å². The molecular weight excluding hydrogens is 296 g/mol. The fourth-order valence-corrected chi connectivity index (χ4v) is 2.01. The summed E-state index contributed by atoms with van der Waals surface area (Å²) in [5.41, 5.74) is 19.2. The molecule has 0 unspecified atom stereocenters. The highest BCUT2D eigenvalue weighted by Gasteiger charge is 2.07. The van der Waals surface area contributed by atoms with Crippen LogP contribution in [-0.4, -0.2) is 25.8 Å². The number of carbonyl (C=O) groups is 1. The minimum absolute atomic E-state index is 0.0599. The second-order valence-electron chi connectivity index (χ2n) is 4.80. The van der Waals surface area contributed by atoms with Gasteiger partial charge in [0.15, 0.2) is 17.0 Å². The molecule has 0 aliphatic carbocycles. The van der Waals surface area contributed by atoms with Crippen LogP contribution in [0.4, 0.5) is 17.5 Å². The third kappa shape index (κ3) is 3.07. The lowest BCUT2D eigenvalue weighted by Crippen LogP contribution is -2.10. The molecular formula is C14H14N8O. The molecule has 2 aromatic heterocycles. The molecule has 3 aromatic rings. The van der Waals surface area contributed by atoms with Crippen molar-refractivity contribution in [3.05, 3.63) is 41.7 Å². The molecule has 0 aliphatic rings. The Hall–Kier alpha value is -3.49. The Bertz CT molecular complexity index is 878. The Kier molecular flexibility index (Phi) is 3.59. The molecule has 0 fully saturated rings. The monoisotopic (exact) mass is 310 g/mol. The number of nitrogens with zero attached hydrogens (tertiary/aromatic N) is 4. The van der Waals surface area contributed by atoms with Gasteiger partial charge in [-0.2, -0.15) is 9.97 Å². The molecule has 7 N–H and O–H groups in total. The molecule has 3 rings (SSSR count). The van der Waals surface area contributed by atoms with Gasteiger partial charge >= 0.3 is 0 Å². The summed E-state index contributed by atoms with van der Waals surface area (Å²) >= 11 is 0. The average Bonchev–Trinajstić information content (AvgIpc) is 2.53. The molecule has 116 valence electrons. The Morgan fingerprint density at radius 3 is 2.52 bits per heavy atom. The van der Waals surface area contributed by atoms with Crippen LogP contribution in [0.3, 0.4) is 0 Å². The molecule has 0 saturated heterocycles. The van der Waals surface area contributed by atoms with Gasteiger partial charge in [0.2, 0.25) is 11.9 Å². The quantitative estimate of drug-likeness (QED) is 0.535. The van der Waals surface area contributed by atoms with E-state index in [1.165, 1.54) is 0 Å². The maximum atomic E-state index is 11.0. The number of nitrogens with one attached hydrogen (secondary N) is 1. The summed E-state index contributed by atoms with van der Waals surface area (Å²) in [7, 11) is 0. The summed E-state index contributed by atoms with van der Waals surface area (Å²) in [6.45, 7) is 0.419. The standard InChI is InChI=1S/C14H14N8O/c15-11-10-13(22-14(17)21-11)19-6-9(20-10)5-18-8-3-1-7(2-4-8)12(16)23/h1-4,6,18H,5H2,(H2,16,23)(H4,15,17,19,21,22). The van der Waals surface area contributed by atoms with Crippen LogP contribution in [0.25, 0.3) is 11.2 Å². The van der Waals surface area contributed by atoms with Crippen LogP contribution in [0.15, 0.2) is 30.5 Å². The largest absolute Gasteiger partial charge is 0.382 e. The maximum Gasteiger partial charge on any atom is 0.248 e. The van der Waals surface area contributed by atoms with Gasteiger partial charge in [0.25, 0.3) is 0 Å². The minimum Gasteiger partial charge on any atom is -0.382 e. The predicted octanol–water partition coefficient (Wildman–Crippen LogP) is 0.295. The van der Waals surface area contributed by atoms with Crippen LogP contribution in [-0.2, 0) is 6.54 Å². The molecule has 9 heteroatoms. The number of amides is 1. The normalized spacial score (nSPS) is 10.6. The van der Waals surface area contributed by atoms with Gasteiger partial charge in [0, 0.05) is 11.3 Å². The van der Waals surface area contributed by atoms with Crippen molar-refractivity contribution in [3.63, 3.8) is 0 Å². The first kappa shape index (κ1) is 14.4. The number of aromatic nitrogens is 4. The highest BCUT2D eigenvalue weighted by molar-refractivity contribution is 5.93. The number of anilines is 3. The first-order chi connectivity index (χ1) is 11.0. The average molecular weight is 310 g/mol. The van der Waals surface area contributed by atoms with Crippen LogP contribution >= 0.6 is 0 Å². The molecule has 2 heterocycles. The summed E-state index contributed by atoms with van der Waals surface area (Å²) in [4.78, 5) is 27.4. The zero-order chi connectivity index (χ0) is 16.4. The summed E-state index contributed by atoms with van der Waals surface area (Å²) in [6.07, 6.45) is 1.58. The van der Waals surface area contributed by atoms with E-state index in [1.54, 1.807) is 30.5 Å². The number of nitrogens with two attached hydrogens (primary N) is 3. The van der Waals surface area contributed by atoms with Crippen molar-refractivity contribution < 1.29 is 4.79 Å². The third-order valence-electron chi connectivity index (χ3n) is 3.14. The molecule has 0 atom stereocenters. The smallest absolute Gasteiger partial charge is 0.248 e. The van der Waals surface area contributed by atoms with Crippen molar-refractivity contribution in [1.82, 2.24) is 19.9 Å². The van der Waals surface area contributed by atoms with Crippen LogP contribution in [0.2, 0.25) is 0 Å². The molecule has 0 saturated carbocycles. The minimum atomic E-state index is -0.466. The Balaban J connectivity index is 1.78. The Morgan fingerprint density at radius 2 is 1.83 bits per heavy atom. The second-order valence-corrected chi connectivity index (χ2v) is 4.80. The summed E-state index contributed by atoms with van der Waals surface area (Å²) in [5.74, 6) is -0.218. The van der Waals surface area contributed by atoms with Gasteiger partial charge in [-0.05, 0) is 24.3 Å². The molecule has 0 bridgehead atoms. The zero-order valence-corrected chi connectivity index (χ0v) is 12.0. The number of benzene rings is 1. The topological polar surface area (TPSA) is 159 Å². The third-order valence-corrected chi connectivity index (χ3v) is 3.14. The van der Waals surface area contributed by atoms with Gasteiger partial charge in [0.05, 0.1) is 18.4 Å². The van der Waals surface area contributed by atoms with Crippen molar-refractivity contribution in [1.29, 1.82) is 0 Å². The van der Waals surface area contributed by atoms with E-state index in [0.29, 0.717) is 29.0 Å². The number of hydrogen-bond acceptors (Lipinski definition) is 8. The highest BCUT2D eigenvalue weighted by atomic mass is 16.1. The van der Waals surface area contributed by atoms with Crippen molar-refractivity contribution in [2.45, 2.75) is 6.54 Å². The van der Waals surface area contributed by atoms with E-state index in [2.05, 4.69) is 25.3 Å². The van der Waals surface area contributed by atoms with Crippen LogP contribution in [0.5, 0.6) is 0 Å². The van der Waals surface area contributed by atoms with Crippen molar-refractivity contribution in [3.8, 4) is 0 Å². The molecule has 1 aromatic carbocycles. The summed E-state index contributed by atoms with van der Waals surface area (Å²) < 4.78 is 0. The van der Waals surface area contributed by atoms with Gasteiger partial charge in [-0.15, -0.1) is 0 Å². The van der Waals surface area contributed by atoms with Crippen LogP contribution in [0.1, 0.15) is 16.1 Å². The number of rotatable bonds is 4. The molecule has 0 aliphatic heterocycles. The van der Waals surface area contributed by atoms with Gasteiger partial charge in [-0.1, -0.05) is 0 Å². The van der Waals surface area contributed by atoms with E-state index in [4.69, 9.17) is 17.2 Å². The van der Waals surface area contributed by atoms with Crippen LogP contribution < -0.4 is 22.5 Å². The zero-order valence-electron chi connectivity index (χ0n) is 12.0. The Labute approximate surface area is 131 Å². The lowest BCUT2D eigenvalue weighted by Gasteiger charge is -2.07. The van der Waals surface area contributed by atoms with E-state index < -0.39 is 5.91 Å². The predicted molar refractivity (Wildman–Crippen MR) is 86.2 cm³/mol. The van der Waals surface area contributed by atoms with Crippen molar-refractivity contribution >= 4 is 34.5 Å². The SMILES string of the molecule is NC(=O)c1ccc(NCc2cnc3nc(N)nc(N)c3n2)cc1. The number of hydrogen-bond donors (Lipinski definition) is 4. The maximum absolute atomic E-state index is 11.0. The fourth-order valence-electron chi connectivity index (χ4n) is 2.01. The molecule has 0 radical (unpaired) electrons. The van der Waals surface area contributed by atoms with Gasteiger partial charge < -0.3 is 22.5 Å². The molecule has 0 spiro atoms. The second kappa shape index (κ2) is 5.72. The first-order valence-corrected chi connectivity index (χ1v) is 6.71. The van der Waals surface area contributed by atoms with E-state index in [9.17, 15) is 4.79 Å². The van der Waals surface area contributed by atoms with E-state index in [0.717, 1.165) is 5.69 Å². The van der Waals surface area contributed by atoms with Crippen molar-refractivity contribution in [2.24, 2.45) is 5.73 Å². The fraction of sp³-hybridized carbons (Fsp3) is 0.0714. The number of carbonyl (C=O) groups excluding carboxylic acids is 1. The highest BCUT2D eigenvalue weighted by Crippen LogP contribution is 2.15. The lowest BCUT2D eigenvalue weighted by molar-refractivity contribution is 0.100. The molecule has 9 nitrogen and oxygen atoms in total. The molecule has 1 amide bonds. The number of nitrogen functional groups attached to an aromatic ring is 2. The van der Waals surface area contributed by atoms with E-state index >= 15 is 0 Å². The van der Waals surface area contributed by atoms with E-state index in [-0.39, 0.29) is 11.8 Å². The van der Waals surface area contributed by atoms with Gasteiger partial charge in [-0.25, -0.2) is 9.97 Å².